The van der Waals surface area contributed by atoms with Crippen molar-refractivity contribution in [2.24, 2.45) is 0 Å². The maximum absolute atomic E-state index is 12.3. The van der Waals surface area contributed by atoms with Gasteiger partial charge in [0.05, 0.1) is 0 Å². The highest BCUT2D eigenvalue weighted by Crippen LogP contribution is 2.22. The van der Waals surface area contributed by atoms with E-state index in [0.29, 0.717) is 11.1 Å². The van der Waals surface area contributed by atoms with Crippen LogP contribution in [0.4, 0.5) is 0 Å². The third-order valence-corrected chi connectivity index (χ3v) is 3.14. The first kappa shape index (κ1) is 12.5. The van der Waals surface area contributed by atoms with Gasteiger partial charge in [-0.1, -0.05) is 48.5 Å². The molecule has 2 rings (SSSR count). The monoisotopic (exact) mass is 240 g/mol. The smallest absolute Gasteiger partial charge is 0.196 e. The summed E-state index contributed by atoms with van der Waals surface area (Å²) in [5, 5.41) is 10.2. The van der Waals surface area contributed by atoms with Gasteiger partial charge in [0.2, 0.25) is 0 Å². The summed E-state index contributed by atoms with van der Waals surface area (Å²) in [6.07, 6.45) is -1.09. The molecule has 0 radical (unpaired) electrons. The number of aliphatic hydroxyl groups excluding tert-OH is 1. The molecule has 0 aliphatic heterocycles. The first-order valence-corrected chi connectivity index (χ1v) is 5.94. The van der Waals surface area contributed by atoms with Gasteiger partial charge in [-0.25, -0.2) is 0 Å². The molecule has 2 nitrogen and oxygen atoms in total. The first-order valence-electron chi connectivity index (χ1n) is 5.94. The first-order chi connectivity index (χ1) is 8.61. The van der Waals surface area contributed by atoms with Crippen LogP contribution in [0.25, 0.3) is 0 Å². The topological polar surface area (TPSA) is 37.3 Å². The molecular weight excluding hydrogens is 224 g/mol. The van der Waals surface area contributed by atoms with E-state index in [1.807, 2.05) is 50.2 Å². The van der Waals surface area contributed by atoms with E-state index >= 15 is 0 Å². The summed E-state index contributed by atoms with van der Waals surface area (Å²) in [5.74, 6) is -0.248. The van der Waals surface area contributed by atoms with E-state index in [1.165, 1.54) is 0 Å². The normalized spacial score (nSPS) is 12.2. The molecule has 0 fully saturated rings. The van der Waals surface area contributed by atoms with Crippen LogP contribution in [0.1, 0.15) is 33.2 Å². The molecule has 2 aromatic carbocycles. The van der Waals surface area contributed by atoms with Gasteiger partial charge >= 0.3 is 0 Å². The molecule has 0 aliphatic rings. The van der Waals surface area contributed by atoms with Crippen molar-refractivity contribution in [3.05, 3.63) is 70.8 Å². The highest BCUT2D eigenvalue weighted by molar-refractivity contribution is 6.01. The molecule has 0 spiro atoms. The van der Waals surface area contributed by atoms with Gasteiger partial charge in [-0.15, -0.1) is 0 Å². The van der Waals surface area contributed by atoms with Crippen LogP contribution in [0.2, 0.25) is 0 Å². The number of hydrogen-bond acceptors (Lipinski definition) is 2. The van der Waals surface area contributed by atoms with Crippen molar-refractivity contribution in [3.63, 3.8) is 0 Å². The van der Waals surface area contributed by atoms with Crippen LogP contribution in [0, 0.1) is 13.8 Å². The van der Waals surface area contributed by atoms with Crippen molar-refractivity contribution >= 4 is 5.78 Å². The summed E-state index contributed by atoms with van der Waals surface area (Å²) in [6.45, 7) is 3.77. The molecule has 0 aliphatic carbocycles. The molecule has 0 aromatic heterocycles. The SMILES string of the molecule is Cc1ccccc1C(=O)[C@@H](O)c1ccccc1C. The molecule has 0 bridgehead atoms. The molecule has 18 heavy (non-hydrogen) atoms. The maximum Gasteiger partial charge on any atom is 0.196 e. The Bertz CT molecular complexity index is 573. The van der Waals surface area contributed by atoms with Gasteiger partial charge in [-0.05, 0) is 30.5 Å². The van der Waals surface area contributed by atoms with Gasteiger partial charge in [0.25, 0.3) is 0 Å². The molecular formula is C16H16O2. The number of hydrogen-bond donors (Lipinski definition) is 1. The Kier molecular flexibility index (Phi) is 3.58. The second kappa shape index (κ2) is 5.15. The third kappa shape index (κ3) is 2.34. The molecule has 0 amide bonds. The molecule has 0 saturated heterocycles. The van der Waals surface area contributed by atoms with Crippen molar-refractivity contribution in [1.29, 1.82) is 0 Å². The number of ketones is 1. The average molecular weight is 240 g/mol. The van der Waals surface area contributed by atoms with Crippen LogP contribution >= 0.6 is 0 Å². The van der Waals surface area contributed by atoms with Crippen molar-refractivity contribution in [1.82, 2.24) is 0 Å². The Labute approximate surface area is 107 Å². The summed E-state index contributed by atoms with van der Waals surface area (Å²) in [5.41, 5.74) is 3.06. The zero-order valence-corrected chi connectivity index (χ0v) is 10.6. The fourth-order valence-corrected chi connectivity index (χ4v) is 2.03. The van der Waals surface area contributed by atoms with Crippen LogP contribution in [0.3, 0.4) is 0 Å². The molecule has 0 unspecified atom stereocenters. The standard InChI is InChI=1S/C16H16O2/c1-11-7-3-5-9-13(11)15(17)16(18)14-10-6-4-8-12(14)2/h3-10,15,17H,1-2H3/t15-/m0/s1. The zero-order chi connectivity index (χ0) is 13.1. The lowest BCUT2D eigenvalue weighted by molar-refractivity contribution is 0.0745. The lowest BCUT2D eigenvalue weighted by atomic mass is 9.94. The number of carbonyl (C=O) groups excluding carboxylic acids is 1. The molecule has 92 valence electrons. The van der Waals surface area contributed by atoms with Crippen LogP contribution < -0.4 is 0 Å². The number of benzene rings is 2. The number of aryl methyl sites for hydroxylation is 2. The van der Waals surface area contributed by atoms with Gasteiger partial charge < -0.3 is 5.11 Å². The fourth-order valence-electron chi connectivity index (χ4n) is 2.03. The van der Waals surface area contributed by atoms with Crippen molar-refractivity contribution < 1.29 is 9.90 Å². The van der Waals surface area contributed by atoms with Crippen LogP contribution in [-0.2, 0) is 0 Å². The van der Waals surface area contributed by atoms with Crippen molar-refractivity contribution in [2.45, 2.75) is 20.0 Å². The molecule has 1 N–H and O–H groups in total. The maximum atomic E-state index is 12.3. The van der Waals surface area contributed by atoms with Gasteiger partial charge in [0.15, 0.2) is 5.78 Å². The van der Waals surface area contributed by atoms with E-state index in [9.17, 15) is 9.90 Å². The quantitative estimate of drug-likeness (QED) is 0.836. The minimum atomic E-state index is -1.09. The second-order valence-corrected chi connectivity index (χ2v) is 4.44. The number of Topliss-reactive ketones (excluding diaryl/α,β-unsaturated/α-hetero) is 1. The molecule has 0 heterocycles. The Balaban J connectivity index is 2.36. The zero-order valence-electron chi connectivity index (χ0n) is 10.6. The van der Waals surface area contributed by atoms with Gasteiger partial charge in [-0.2, -0.15) is 0 Å². The summed E-state index contributed by atoms with van der Waals surface area (Å²) < 4.78 is 0. The Hall–Kier alpha value is -1.93. The Morgan fingerprint density at radius 2 is 1.50 bits per heavy atom. The van der Waals surface area contributed by atoms with E-state index in [-0.39, 0.29) is 5.78 Å². The minimum Gasteiger partial charge on any atom is -0.380 e. The van der Waals surface area contributed by atoms with Gasteiger partial charge in [-0.3, -0.25) is 4.79 Å². The number of rotatable bonds is 3. The summed E-state index contributed by atoms with van der Waals surface area (Å²) in [7, 11) is 0. The molecule has 1 atom stereocenters. The number of carbonyl (C=O) groups is 1. The lowest BCUT2D eigenvalue weighted by Gasteiger charge is -2.13. The molecule has 2 aromatic rings. The molecule has 2 heteroatoms. The van der Waals surface area contributed by atoms with Crippen molar-refractivity contribution in [2.75, 3.05) is 0 Å². The average Bonchev–Trinajstić information content (AvgIpc) is 2.38. The van der Waals surface area contributed by atoms with E-state index in [2.05, 4.69) is 0 Å². The van der Waals surface area contributed by atoms with Crippen LogP contribution in [0.5, 0.6) is 0 Å². The van der Waals surface area contributed by atoms with Gasteiger partial charge in [0.1, 0.15) is 6.10 Å². The second-order valence-electron chi connectivity index (χ2n) is 4.44. The predicted molar refractivity (Wildman–Crippen MR) is 71.6 cm³/mol. The summed E-state index contributed by atoms with van der Waals surface area (Å²) >= 11 is 0. The van der Waals surface area contributed by atoms with Crippen LogP contribution in [-0.4, -0.2) is 10.9 Å². The highest BCUT2D eigenvalue weighted by atomic mass is 16.3. The van der Waals surface area contributed by atoms with Crippen LogP contribution in [0.15, 0.2) is 48.5 Å². The Morgan fingerprint density at radius 3 is 2.11 bits per heavy atom. The predicted octanol–water partition coefficient (Wildman–Crippen LogP) is 3.22. The van der Waals surface area contributed by atoms with E-state index in [4.69, 9.17) is 0 Å². The van der Waals surface area contributed by atoms with Crippen molar-refractivity contribution in [3.8, 4) is 0 Å². The molecule has 0 saturated carbocycles. The largest absolute Gasteiger partial charge is 0.380 e. The van der Waals surface area contributed by atoms with E-state index < -0.39 is 6.10 Å². The third-order valence-electron chi connectivity index (χ3n) is 3.14. The van der Waals surface area contributed by atoms with Gasteiger partial charge in [0, 0.05) is 5.56 Å². The highest BCUT2D eigenvalue weighted by Gasteiger charge is 2.21. The summed E-state index contributed by atoms with van der Waals surface area (Å²) in [4.78, 5) is 12.3. The minimum absolute atomic E-state index is 0.248. The van der Waals surface area contributed by atoms with E-state index in [1.54, 1.807) is 12.1 Å². The van der Waals surface area contributed by atoms with E-state index in [0.717, 1.165) is 11.1 Å². The Morgan fingerprint density at radius 1 is 0.944 bits per heavy atom. The lowest BCUT2D eigenvalue weighted by Crippen LogP contribution is -2.14. The fraction of sp³-hybridized carbons (Fsp3) is 0.188. The number of aliphatic hydroxyl groups is 1. The summed E-state index contributed by atoms with van der Waals surface area (Å²) in [6, 6.07) is 14.7.